The first-order chi connectivity index (χ1) is 9.36. The van der Waals surface area contributed by atoms with Crippen molar-refractivity contribution in [2.45, 2.75) is 33.7 Å². The number of amides is 1. The van der Waals surface area contributed by atoms with Gasteiger partial charge in [0.1, 0.15) is 5.69 Å². The van der Waals surface area contributed by atoms with Gasteiger partial charge in [-0.25, -0.2) is 0 Å². The highest BCUT2D eigenvalue weighted by atomic mass is 16.5. The summed E-state index contributed by atoms with van der Waals surface area (Å²) in [4.78, 5) is 14.6. The highest BCUT2D eigenvalue weighted by Crippen LogP contribution is 2.18. The lowest BCUT2D eigenvalue weighted by Crippen LogP contribution is -2.37. The summed E-state index contributed by atoms with van der Waals surface area (Å²) in [5.41, 5.74) is 7.11. The van der Waals surface area contributed by atoms with Crippen LogP contribution in [0.3, 0.4) is 0 Å². The Morgan fingerprint density at radius 1 is 1.40 bits per heavy atom. The van der Waals surface area contributed by atoms with E-state index in [2.05, 4.69) is 13.8 Å². The predicted molar refractivity (Wildman–Crippen MR) is 81.8 cm³/mol. The second kappa shape index (κ2) is 7.33. The fourth-order valence-corrected chi connectivity index (χ4v) is 2.18. The van der Waals surface area contributed by atoms with Crippen LogP contribution in [0.5, 0.6) is 0 Å². The Kier molecular flexibility index (Phi) is 6.07. The molecule has 5 nitrogen and oxygen atoms in total. The smallest absolute Gasteiger partial charge is 0.270 e. The molecule has 0 aliphatic rings. The number of rotatable bonds is 7. The van der Waals surface area contributed by atoms with Gasteiger partial charge in [-0.1, -0.05) is 13.8 Å². The van der Waals surface area contributed by atoms with Crippen LogP contribution in [-0.4, -0.2) is 42.2 Å². The van der Waals surface area contributed by atoms with Gasteiger partial charge >= 0.3 is 0 Å². The molecule has 0 aromatic carbocycles. The SMILES string of the molecule is COCCN(CC(C)C)C(=O)c1cc(N)cn1C(C)C. The summed E-state index contributed by atoms with van der Waals surface area (Å²) in [5.74, 6) is 0.428. The highest BCUT2D eigenvalue weighted by Gasteiger charge is 2.21. The Labute approximate surface area is 121 Å². The van der Waals surface area contributed by atoms with Crippen molar-refractivity contribution in [1.29, 1.82) is 0 Å². The van der Waals surface area contributed by atoms with E-state index in [1.54, 1.807) is 13.2 Å². The second-order valence-electron chi connectivity index (χ2n) is 5.80. The molecule has 2 N–H and O–H groups in total. The molecule has 0 radical (unpaired) electrons. The van der Waals surface area contributed by atoms with Gasteiger partial charge in [0.15, 0.2) is 0 Å². The molecular formula is C15H27N3O2. The summed E-state index contributed by atoms with van der Waals surface area (Å²) >= 11 is 0. The molecule has 0 unspecified atom stereocenters. The molecule has 0 bridgehead atoms. The quantitative estimate of drug-likeness (QED) is 0.835. The van der Waals surface area contributed by atoms with Crippen LogP contribution >= 0.6 is 0 Å². The molecular weight excluding hydrogens is 254 g/mol. The first kappa shape index (κ1) is 16.6. The fourth-order valence-electron chi connectivity index (χ4n) is 2.18. The lowest BCUT2D eigenvalue weighted by molar-refractivity contribution is 0.0660. The van der Waals surface area contributed by atoms with Crippen molar-refractivity contribution in [1.82, 2.24) is 9.47 Å². The minimum Gasteiger partial charge on any atom is -0.397 e. The molecule has 0 fully saturated rings. The van der Waals surface area contributed by atoms with Crippen molar-refractivity contribution in [3.63, 3.8) is 0 Å². The van der Waals surface area contributed by atoms with Crippen molar-refractivity contribution in [3.8, 4) is 0 Å². The van der Waals surface area contributed by atoms with Crippen LogP contribution in [0.2, 0.25) is 0 Å². The number of carbonyl (C=O) groups is 1. The van der Waals surface area contributed by atoms with Crippen molar-refractivity contribution in [2.75, 3.05) is 32.5 Å². The second-order valence-corrected chi connectivity index (χ2v) is 5.80. The van der Waals surface area contributed by atoms with E-state index in [-0.39, 0.29) is 11.9 Å². The van der Waals surface area contributed by atoms with Gasteiger partial charge in [0.25, 0.3) is 5.91 Å². The predicted octanol–water partition coefficient (Wildman–Crippen LogP) is 2.40. The molecule has 0 atom stereocenters. The number of nitrogens with two attached hydrogens (primary N) is 1. The Morgan fingerprint density at radius 2 is 2.05 bits per heavy atom. The lowest BCUT2D eigenvalue weighted by Gasteiger charge is -2.25. The summed E-state index contributed by atoms with van der Waals surface area (Å²) in [7, 11) is 1.65. The summed E-state index contributed by atoms with van der Waals surface area (Å²) in [6, 6.07) is 1.96. The number of nitrogen functional groups attached to an aromatic ring is 1. The molecule has 0 saturated heterocycles. The average Bonchev–Trinajstić information content (AvgIpc) is 2.75. The van der Waals surface area contributed by atoms with E-state index in [1.807, 2.05) is 29.5 Å². The summed E-state index contributed by atoms with van der Waals surface area (Å²) < 4.78 is 7.03. The number of nitrogens with zero attached hydrogens (tertiary/aromatic N) is 2. The molecule has 1 rings (SSSR count). The van der Waals surface area contributed by atoms with Gasteiger partial charge in [0, 0.05) is 32.4 Å². The standard InChI is InChI=1S/C15H27N3O2/c1-11(2)9-17(6-7-20-5)15(19)14-8-13(16)10-18(14)12(3)4/h8,10-12H,6-7,9,16H2,1-5H3. The Morgan fingerprint density at radius 3 is 2.55 bits per heavy atom. The first-order valence-electron chi connectivity index (χ1n) is 7.12. The number of methoxy groups -OCH3 is 1. The van der Waals surface area contributed by atoms with Crippen molar-refractivity contribution in [3.05, 3.63) is 18.0 Å². The maximum atomic E-state index is 12.7. The number of hydrogen-bond donors (Lipinski definition) is 1. The van der Waals surface area contributed by atoms with Gasteiger partial charge in [-0.2, -0.15) is 0 Å². The van der Waals surface area contributed by atoms with Crippen molar-refractivity contribution < 1.29 is 9.53 Å². The topological polar surface area (TPSA) is 60.5 Å². The van der Waals surface area contributed by atoms with Crippen LogP contribution in [0, 0.1) is 5.92 Å². The molecule has 0 saturated carbocycles. The number of aromatic nitrogens is 1. The number of anilines is 1. The van der Waals surface area contributed by atoms with Gasteiger partial charge < -0.3 is 19.9 Å². The lowest BCUT2D eigenvalue weighted by atomic mass is 10.2. The molecule has 1 heterocycles. The zero-order valence-electron chi connectivity index (χ0n) is 13.2. The van der Waals surface area contributed by atoms with Gasteiger partial charge in [-0.15, -0.1) is 0 Å². The van der Waals surface area contributed by atoms with Crippen LogP contribution < -0.4 is 5.73 Å². The van der Waals surface area contributed by atoms with E-state index < -0.39 is 0 Å². The van der Waals surface area contributed by atoms with Crippen LogP contribution in [0.1, 0.15) is 44.2 Å². The Bertz CT molecular complexity index is 438. The van der Waals surface area contributed by atoms with E-state index in [0.29, 0.717) is 37.0 Å². The highest BCUT2D eigenvalue weighted by molar-refractivity contribution is 5.94. The minimum absolute atomic E-state index is 0.0150. The minimum atomic E-state index is 0.0150. The van der Waals surface area contributed by atoms with Crippen molar-refractivity contribution in [2.24, 2.45) is 5.92 Å². The maximum absolute atomic E-state index is 12.7. The summed E-state index contributed by atoms with van der Waals surface area (Å²) in [5, 5.41) is 0. The van der Waals surface area contributed by atoms with E-state index in [1.165, 1.54) is 0 Å². The molecule has 5 heteroatoms. The third kappa shape index (κ3) is 4.27. The molecule has 0 aliphatic heterocycles. The van der Waals surface area contributed by atoms with Gasteiger partial charge in [-0.3, -0.25) is 4.79 Å². The molecule has 1 aromatic heterocycles. The molecule has 114 valence electrons. The van der Waals surface area contributed by atoms with Crippen LogP contribution in [0.25, 0.3) is 0 Å². The average molecular weight is 281 g/mol. The van der Waals surface area contributed by atoms with Crippen molar-refractivity contribution >= 4 is 11.6 Å². The maximum Gasteiger partial charge on any atom is 0.270 e. The number of ether oxygens (including phenoxy) is 1. The zero-order valence-corrected chi connectivity index (χ0v) is 13.2. The third-order valence-corrected chi connectivity index (χ3v) is 3.08. The van der Waals surface area contributed by atoms with Crippen LogP contribution in [0.4, 0.5) is 5.69 Å². The van der Waals surface area contributed by atoms with Gasteiger partial charge in [-0.05, 0) is 25.8 Å². The van der Waals surface area contributed by atoms with E-state index >= 15 is 0 Å². The molecule has 1 aromatic rings. The normalized spacial score (nSPS) is 11.3. The fraction of sp³-hybridized carbons (Fsp3) is 0.667. The Hall–Kier alpha value is -1.49. The third-order valence-electron chi connectivity index (χ3n) is 3.08. The number of hydrogen-bond acceptors (Lipinski definition) is 3. The number of carbonyl (C=O) groups excluding carboxylic acids is 1. The van der Waals surface area contributed by atoms with Crippen LogP contribution in [0.15, 0.2) is 12.3 Å². The van der Waals surface area contributed by atoms with E-state index in [9.17, 15) is 4.79 Å². The molecule has 0 aliphatic carbocycles. The van der Waals surface area contributed by atoms with Crippen LogP contribution in [-0.2, 0) is 4.74 Å². The zero-order chi connectivity index (χ0) is 15.3. The molecule has 20 heavy (non-hydrogen) atoms. The molecule has 1 amide bonds. The largest absolute Gasteiger partial charge is 0.397 e. The Balaban J connectivity index is 2.98. The first-order valence-corrected chi connectivity index (χ1v) is 7.12. The monoisotopic (exact) mass is 281 g/mol. The van der Waals surface area contributed by atoms with E-state index in [4.69, 9.17) is 10.5 Å². The van der Waals surface area contributed by atoms with Gasteiger partial charge in [0.05, 0.1) is 12.3 Å². The summed E-state index contributed by atoms with van der Waals surface area (Å²) in [6.07, 6.45) is 1.82. The van der Waals surface area contributed by atoms with E-state index in [0.717, 1.165) is 0 Å². The summed E-state index contributed by atoms with van der Waals surface area (Å²) in [6.45, 7) is 10.1. The van der Waals surface area contributed by atoms with Gasteiger partial charge in [0.2, 0.25) is 0 Å². The molecule has 0 spiro atoms.